The normalized spacial score (nSPS) is 12.6. The van der Waals surface area contributed by atoms with Gasteiger partial charge in [0.05, 0.1) is 11.7 Å². The molecular formula is C19H26N2. The average Bonchev–Trinajstić information content (AvgIpc) is 2.48. The topological polar surface area (TPSA) is 24.9 Å². The number of nitrogens with zero attached hydrogens (tertiary/aromatic N) is 1. The molecule has 0 aliphatic carbocycles. The molecule has 0 fully saturated rings. The lowest BCUT2D eigenvalue weighted by Crippen LogP contribution is -2.24. The lowest BCUT2D eigenvalue weighted by atomic mass is 9.97. The summed E-state index contributed by atoms with van der Waals surface area (Å²) in [6.45, 7) is 9.68. The molecule has 0 amide bonds. The van der Waals surface area contributed by atoms with E-state index in [-0.39, 0.29) is 6.04 Å². The van der Waals surface area contributed by atoms with Crippen LogP contribution in [0.1, 0.15) is 61.7 Å². The molecule has 0 bridgehead atoms. The molecule has 0 aliphatic heterocycles. The van der Waals surface area contributed by atoms with Crippen molar-refractivity contribution in [1.82, 2.24) is 10.3 Å². The van der Waals surface area contributed by atoms with Crippen molar-refractivity contribution in [3.05, 3.63) is 65.0 Å². The maximum Gasteiger partial charge on any atom is 0.0751 e. The maximum absolute atomic E-state index is 4.70. The molecule has 21 heavy (non-hydrogen) atoms. The molecule has 1 aromatic heterocycles. The Bertz CT molecular complexity index is 558. The van der Waals surface area contributed by atoms with Crippen LogP contribution in [0, 0.1) is 6.92 Å². The Hall–Kier alpha value is -1.67. The minimum Gasteiger partial charge on any atom is -0.305 e. The van der Waals surface area contributed by atoms with Crippen LogP contribution >= 0.6 is 0 Å². The monoisotopic (exact) mass is 282 g/mol. The largest absolute Gasteiger partial charge is 0.305 e. The first-order valence-electron chi connectivity index (χ1n) is 7.88. The molecule has 1 atom stereocenters. The summed E-state index contributed by atoms with van der Waals surface area (Å²) in [5.41, 5.74) is 4.83. The molecule has 0 spiro atoms. The molecule has 112 valence electrons. The molecule has 1 unspecified atom stereocenters. The van der Waals surface area contributed by atoms with Gasteiger partial charge in [0.1, 0.15) is 0 Å². The molecular weight excluding hydrogens is 256 g/mol. The summed E-state index contributed by atoms with van der Waals surface area (Å²) in [5, 5.41) is 3.62. The fourth-order valence-electron chi connectivity index (χ4n) is 2.48. The van der Waals surface area contributed by atoms with Crippen LogP contribution in [-0.4, -0.2) is 11.5 Å². The van der Waals surface area contributed by atoms with Crippen molar-refractivity contribution >= 4 is 0 Å². The quantitative estimate of drug-likeness (QED) is 0.837. The second-order valence-corrected chi connectivity index (χ2v) is 5.91. The summed E-state index contributed by atoms with van der Waals surface area (Å²) >= 11 is 0. The molecule has 0 saturated carbocycles. The number of aromatic nitrogens is 1. The summed E-state index contributed by atoms with van der Waals surface area (Å²) in [6, 6.07) is 15.3. The van der Waals surface area contributed by atoms with Gasteiger partial charge in [-0.3, -0.25) is 4.98 Å². The number of rotatable bonds is 6. The first-order chi connectivity index (χ1) is 10.1. The van der Waals surface area contributed by atoms with Crippen LogP contribution in [0.4, 0.5) is 0 Å². The lowest BCUT2D eigenvalue weighted by molar-refractivity contribution is 0.585. The predicted molar refractivity (Wildman–Crippen MR) is 89.6 cm³/mol. The highest BCUT2D eigenvalue weighted by atomic mass is 14.9. The molecule has 2 rings (SSSR count). The van der Waals surface area contributed by atoms with E-state index in [1.54, 1.807) is 0 Å². The van der Waals surface area contributed by atoms with E-state index in [2.05, 4.69) is 62.5 Å². The predicted octanol–water partition coefficient (Wildman–Crippen LogP) is 4.60. The smallest absolute Gasteiger partial charge is 0.0751 e. The molecule has 0 radical (unpaired) electrons. The number of hydrogen-bond donors (Lipinski definition) is 1. The van der Waals surface area contributed by atoms with Crippen LogP contribution in [0.15, 0.2) is 42.5 Å². The molecule has 0 saturated heterocycles. The van der Waals surface area contributed by atoms with Gasteiger partial charge in [-0.2, -0.15) is 0 Å². The highest BCUT2D eigenvalue weighted by molar-refractivity contribution is 5.32. The summed E-state index contributed by atoms with van der Waals surface area (Å²) in [7, 11) is 0. The Kier molecular flexibility index (Phi) is 5.51. The van der Waals surface area contributed by atoms with Gasteiger partial charge >= 0.3 is 0 Å². The Morgan fingerprint density at radius 3 is 2.24 bits per heavy atom. The number of hydrogen-bond acceptors (Lipinski definition) is 2. The summed E-state index contributed by atoms with van der Waals surface area (Å²) in [5.74, 6) is 0.568. The van der Waals surface area contributed by atoms with Crippen LogP contribution in [0.2, 0.25) is 0 Å². The minimum atomic E-state index is 0.172. The van der Waals surface area contributed by atoms with Crippen LogP contribution in [0.25, 0.3) is 0 Å². The van der Waals surface area contributed by atoms with Gasteiger partial charge in [-0.1, -0.05) is 51.1 Å². The molecule has 1 heterocycles. The fraction of sp³-hybridized carbons (Fsp3) is 0.421. The zero-order valence-corrected chi connectivity index (χ0v) is 13.6. The van der Waals surface area contributed by atoms with E-state index in [0.29, 0.717) is 5.92 Å². The van der Waals surface area contributed by atoms with Crippen molar-refractivity contribution in [2.75, 3.05) is 6.54 Å². The van der Waals surface area contributed by atoms with Gasteiger partial charge in [0.15, 0.2) is 0 Å². The van der Waals surface area contributed by atoms with Gasteiger partial charge in [-0.15, -0.1) is 0 Å². The second-order valence-electron chi connectivity index (χ2n) is 5.91. The first kappa shape index (κ1) is 15.7. The Morgan fingerprint density at radius 2 is 1.67 bits per heavy atom. The lowest BCUT2D eigenvalue weighted by Gasteiger charge is -2.19. The molecule has 1 N–H and O–H groups in total. The van der Waals surface area contributed by atoms with E-state index in [9.17, 15) is 0 Å². The molecule has 0 aliphatic rings. The van der Waals surface area contributed by atoms with Gasteiger partial charge < -0.3 is 5.32 Å². The second kappa shape index (κ2) is 7.37. The van der Waals surface area contributed by atoms with Crippen molar-refractivity contribution in [2.24, 2.45) is 0 Å². The van der Waals surface area contributed by atoms with E-state index >= 15 is 0 Å². The number of aryl methyl sites for hydroxylation is 1. The zero-order chi connectivity index (χ0) is 15.2. The minimum absolute atomic E-state index is 0.172. The van der Waals surface area contributed by atoms with Gasteiger partial charge in [-0.25, -0.2) is 0 Å². The number of benzene rings is 1. The standard InChI is InChI=1S/C19H26N2/c1-5-13-20-19(18-8-6-7-15(4)21-18)17-11-9-16(10-12-17)14(2)3/h6-12,14,19-20H,5,13H2,1-4H3. The van der Waals surface area contributed by atoms with Crippen molar-refractivity contribution in [2.45, 2.75) is 46.1 Å². The van der Waals surface area contributed by atoms with E-state index in [1.807, 2.05) is 13.0 Å². The van der Waals surface area contributed by atoms with E-state index < -0.39 is 0 Å². The highest BCUT2D eigenvalue weighted by Crippen LogP contribution is 2.23. The Labute approximate surface area is 128 Å². The molecule has 2 nitrogen and oxygen atoms in total. The SMILES string of the molecule is CCCNC(c1ccc(C(C)C)cc1)c1cccc(C)n1. The third-order valence-corrected chi connectivity index (χ3v) is 3.74. The maximum atomic E-state index is 4.70. The van der Waals surface area contributed by atoms with Crippen LogP contribution in [0.5, 0.6) is 0 Å². The van der Waals surface area contributed by atoms with Gasteiger partial charge in [0, 0.05) is 5.69 Å². The van der Waals surface area contributed by atoms with Crippen molar-refractivity contribution in [3.63, 3.8) is 0 Å². The van der Waals surface area contributed by atoms with Crippen LogP contribution in [-0.2, 0) is 0 Å². The summed E-state index contributed by atoms with van der Waals surface area (Å²) < 4.78 is 0. The van der Waals surface area contributed by atoms with E-state index in [4.69, 9.17) is 4.98 Å². The number of nitrogens with one attached hydrogen (secondary N) is 1. The summed E-state index contributed by atoms with van der Waals surface area (Å²) in [4.78, 5) is 4.70. The van der Waals surface area contributed by atoms with Crippen molar-refractivity contribution in [1.29, 1.82) is 0 Å². The van der Waals surface area contributed by atoms with Gasteiger partial charge in [-0.05, 0) is 49.1 Å². The zero-order valence-electron chi connectivity index (χ0n) is 13.6. The number of pyridine rings is 1. The van der Waals surface area contributed by atoms with E-state index in [1.165, 1.54) is 11.1 Å². The molecule has 2 heteroatoms. The van der Waals surface area contributed by atoms with Gasteiger partial charge in [0.25, 0.3) is 0 Å². The van der Waals surface area contributed by atoms with E-state index in [0.717, 1.165) is 24.4 Å². The van der Waals surface area contributed by atoms with Crippen molar-refractivity contribution in [3.8, 4) is 0 Å². The summed E-state index contributed by atoms with van der Waals surface area (Å²) in [6.07, 6.45) is 1.12. The van der Waals surface area contributed by atoms with Crippen molar-refractivity contribution < 1.29 is 0 Å². The Balaban J connectivity index is 2.31. The Morgan fingerprint density at radius 1 is 1.00 bits per heavy atom. The average molecular weight is 282 g/mol. The van der Waals surface area contributed by atoms with Gasteiger partial charge in [0.2, 0.25) is 0 Å². The third-order valence-electron chi connectivity index (χ3n) is 3.74. The molecule has 1 aromatic carbocycles. The van der Waals surface area contributed by atoms with Crippen LogP contribution in [0.3, 0.4) is 0 Å². The third kappa shape index (κ3) is 4.15. The highest BCUT2D eigenvalue weighted by Gasteiger charge is 2.15. The fourth-order valence-corrected chi connectivity index (χ4v) is 2.48. The van der Waals surface area contributed by atoms with Crippen LogP contribution < -0.4 is 5.32 Å². The first-order valence-corrected chi connectivity index (χ1v) is 7.88. The molecule has 2 aromatic rings.